The first-order valence-corrected chi connectivity index (χ1v) is 9.69. The second-order valence-corrected chi connectivity index (χ2v) is 7.21. The van der Waals surface area contributed by atoms with Crippen molar-refractivity contribution in [3.8, 4) is 0 Å². The lowest BCUT2D eigenvalue weighted by atomic mass is 10.1. The van der Waals surface area contributed by atoms with Gasteiger partial charge in [-0.25, -0.2) is 0 Å². The topological polar surface area (TPSA) is 28.4 Å². The molecule has 2 heterocycles. The van der Waals surface area contributed by atoms with Gasteiger partial charge in [-0.05, 0) is 60.8 Å². The number of anilines is 1. The number of hydrogen-bond acceptors (Lipinski definition) is 3. The van der Waals surface area contributed by atoms with Crippen LogP contribution < -0.4 is 5.32 Å². The van der Waals surface area contributed by atoms with E-state index in [1.807, 2.05) is 18.2 Å². The van der Waals surface area contributed by atoms with Crippen molar-refractivity contribution in [2.24, 2.45) is 0 Å². The molecule has 0 bridgehead atoms. The zero-order valence-electron chi connectivity index (χ0n) is 14.4. The number of furan rings is 1. The number of aryl methyl sites for hydroxylation is 1. The Morgan fingerprint density at radius 3 is 2.72 bits per heavy atom. The number of nitrogens with zero attached hydrogens (tertiary/aromatic N) is 1. The Kier molecular flexibility index (Phi) is 5.89. The van der Waals surface area contributed by atoms with Gasteiger partial charge in [-0.15, -0.1) is 11.3 Å². The Morgan fingerprint density at radius 1 is 1.20 bits per heavy atom. The molecule has 0 saturated heterocycles. The minimum atomic E-state index is 0.166. The van der Waals surface area contributed by atoms with Gasteiger partial charge in [-0.1, -0.05) is 31.2 Å². The van der Waals surface area contributed by atoms with Crippen molar-refractivity contribution in [3.63, 3.8) is 0 Å². The number of thiophene rings is 1. The summed E-state index contributed by atoms with van der Waals surface area (Å²) in [5, 5.41) is 6.24. The summed E-state index contributed by atoms with van der Waals surface area (Å²) < 4.78 is 5.55. The lowest BCUT2D eigenvalue weighted by Gasteiger charge is -2.31. The number of hydrogen-bond donors (Lipinski definition) is 1. The van der Waals surface area contributed by atoms with E-state index in [1.54, 1.807) is 17.6 Å². The second-order valence-electron chi connectivity index (χ2n) is 5.84. The molecule has 1 N–H and O–H groups in total. The van der Waals surface area contributed by atoms with Gasteiger partial charge < -0.3 is 14.6 Å². The van der Waals surface area contributed by atoms with Crippen LogP contribution in [0.1, 0.15) is 36.1 Å². The quantitative estimate of drug-likeness (QED) is 0.550. The van der Waals surface area contributed by atoms with E-state index in [0.717, 1.165) is 17.9 Å². The molecule has 0 unspecified atom stereocenters. The van der Waals surface area contributed by atoms with Crippen LogP contribution in [0, 0.1) is 0 Å². The molecule has 0 aliphatic carbocycles. The number of para-hydroxylation sites is 1. The molecule has 0 saturated carbocycles. The van der Waals surface area contributed by atoms with Crippen molar-refractivity contribution in [1.82, 2.24) is 4.90 Å². The maximum absolute atomic E-state index is 5.77. The molecular weight excluding hydrogens is 348 g/mol. The molecular formula is C20H22N2OS2. The van der Waals surface area contributed by atoms with Crippen molar-refractivity contribution >= 4 is 34.4 Å². The fourth-order valence-corrected chi connectivity index (χ4v) is 3.90. The first kappa shape index (κ1) is 17.7. The van der Waals surface area contributed by atoms with Crippen molar-refractivity contribution in [2.45, 2.75) is 32.9 Å². The molecule has 3 rings (SSSR count). The number of thiocarbonyl (C=S) groups is 1. The largest absolute Gasteiger partial charge is 0.467 e. The summed E-state index contributed by atoms with van der Waals surface area (Å²) in [6, 6.07) is 16.6. The van der Waals surface area contributed by atoms with Gasteiger partial charge in [0.1, 0.15) is 5.76 Å². The normalized spacial score (nSPS) is 11.9. The zero-order valence-corrected chi connectivity index (χ0v) is 16.1. The molecule has 0 fully saturated rings. The number of nitrogens with one attached hydrogen (secondary N) is 1. The minimum Gasteiger partial charge on any atom is -0.467 e. The second kappa shape index (κ2) is 8.32. The Labute approximate surface area is 158 Å². The Hall–Kier alpha value is -2.11. The molecule has 1 aromatic carbocycles. The predicted octanol–water partition coefficient (Wildman–Crippen LogP) is 5.86. The van der Waals surface area contributed by atoms with E-state index in [1.165, 1.54) is 10.4 Å². The van der Waals surface area contributed by atoms with Crippen LogP contribution in [0.3, 0.4) is 0 Å². The summed E-state index contributed by atoms with van der Waals surface area (Å²) in [7, 11) is 0. The monoisotopic (exact) mass is 370 g/mol. The lowest BCUT2D eigenvalue weighted by Crippen LogP contribution is -2.36. The summed E-state index contributed by atoms with van der Waals surface area (Å²) in [5.74, 6) is 0.899. The van der Waals surface area contributed by atoms with Gasteiger partial charge in [-0.3, -0.25) is 0 Å². The van der Waals surface area contributed by atoms with Gasteiger partial charge in [0.2, 0.25) is 0 Å². The van der Waals surface area contributed by atoms with Crippen LogP contribution in [-0.4, -0.2) is 10.0 Å². The van der Waals surface area contributed by atoms with Gasteiger partial charge in [0.15, 0.2) is 5.11 Å². The highest BCUT2D eigenvalue weighted by Crippen LogP contribution is 2.28. The molecule has 5 heteroatoms. The van der Waals surface area contributed by atoms with E-state index in [0.29, 0.717) is 11.7 Å². The van der Waals surface area contributed by atoms with Crippen molar-refractivity contribution in [3.05, 3.63) is 76.4 Å². The van der Waals surface area contributed by atoms with Gasteiger partial charge in [-0.2, -0.15) is 0 Å². The van der Waals surface area contributed by atoms with E-state index in [4.69, 9.17) is 16.6 Å². The van der Waals surface area contributed by atoms with Crippen molar-refractivity contribution in [2.75, 3.05) is 5.32 Å². The third kappa shape index (κ3) is 4.30. The van der Waals surface area contributed by atoms with E-state index >= 15 is 0 Å². The van der Waals surface area contributed by atoms with Crippen LogP contribution in [0.4, 0.5) is 5.69 Å². The van der Waals surface area contributed by atoms with Crippen molar-refractivity contribution < 1.29 is 4.42 Å². The molecule has 25 heavy (non-hydrogen) atoms. The smallest absolute Gasteiger partial charge is 0.174 e. The summed E-state index contributed by atoms with van der Waals surface area (Å²) >= 11 is 7.51. The van der Waals surface area contributed by atoms with Gasteiger partial charge in [0.05, 0.1) is 18.8 Å². The van der Waals surface area contributed by atoms with Crippen LogP contribution in [0.25, 0.3) is 0 Å². The van der Waals surface area contributed by atoms with Crippen LogP contribution in [0.15, 0.2) is 64.6 Å². The summed E-state index contributed by atoms with van der Waals surface area (Å²) in [4.78, 5) is 3.45. The van der Waals surface area contributed by atoms with E-state index < -0.39 is 0 Å². The van der Waals surface area contributed by atoms with E-state index in [-0.39, 0.29) is 6.04 Å². The first-order chi connectivity index (χ1) is 12.2. The standard InChI is InChI=1S/C20H22N2OS2/c1-3-16-8-4-5-10-18(16)21-20(24)22(14-17-9-6-12-23-17)15(2)19-11-7-13-25-19/h4-13,15H,3,14H2,1-2H3,(H,21,24)/t15-/m0/s1. The average Bonchev–Trinajstić information content (AvgIpc) is 3.33. The summed E-state index contributed by atoms with van der Waals surface area (Å²) in [6.45, 7) is 4.96. The van der Waals surface area contributed by atoms with E-state index in [2.05, 4.69) is 59.8 Å². The fraction of sp³-hybridized carbons (Fsp3) is 0.250. The average molecular weight is 371 g/mol. The predicted molar refractivity (Wildman–Crippen MR) is 109 cm³/mol. The SMILES string of the molecule is CCc1ccccc1NC(=S)N(Cc1ccco1)[C@@H](C)c1cccs1. The summed E-state index contributed by atoms with van der Waals surface area (Å²) in [6.07, 6.45) is 2.66. The molecule has 0 radical (unpaired) electrons. The Morgan fingerprint density at radius 2 is 2.04 bits per heavy atom. The first-order valence-electron chi connectivity index (χ1n) is 8.40. The molecule has 3 nitrogen and oxygen atoms in total. The van der Waals surface area contributed by atoms with Crippen molar-refractivity contribution in [1.29, 1.82) is 0 Å². The molecule has 0 aliphatic heterocycles. The van der Waals surface area contributed by atoms with Crippen LogP contribution in [-0.2, 0) is 13.0 Å². The van der Waals surface area contributed by atoms with Crippen LogP contribution in [0.2, 0.25) is 0 Å². The zero-order chi connectivity index (χ0) is 17.6. The maximum Gasteiger partial charge on any atom is 0.174 e. The summed E-state index contributed by atoms with van der Waals surface area (Å²) in [5.41, 5.74) is 2.32. The molecule has 0 aliphatic rings. The molecule has 3 aromatic rings. The van der Waals surface area contributed by atoms with E-state index in [9.17, 15) is 0 Å². The molecule has 1 atom stereocenters. The van der Waals surface area contributed by atoms with Gasteiger partial charge >= 0.3 is 0 Å². The molecule has 0 spiro atoms. The maximum atomic E-state index is 5.77. The molecule has 2 aromatic heterocycles. The van der Waals surface area contributed by atoms with Gasteiger partial charge in [0, 0.05) is 10.6 Å². The van der Waals surface area contributed by atoms with Crippen LogP contribution >= 0.6 is 23.6 Å². The number of rotatable bonds is 6. The molecule has 130 valence electrons. The Bertz CT molecular complexity index is 797. The Balaban J connectivity index is 1.83. The number of benzene rings is 1. The molecule has 0 amide bonds. The minimum absolute atomic E-state index is 0.166. The highest BCUT2D eigenvalue weighted by Gasteiger charge is 2.21. The third-order valence-corrected chi connectivity index (χ3v) is 5.61. The van der Waals surface area contributed by atoms with Crippen LogP contribution in [0.5, 0.6) is 0 Å². The highest BCUT2D eigenvalue weighted by molar-refractivity contribution is 7.80. The third-order valence-electron chi connectivity index (χ3n) is 4.23. The van der Waals surface area contributed by atoms with Gasteiger partial charge in [0.25, 0.3) is 0 Å². The lowest BCUT2D eigenvalue weighted by molar-refractivity contribution is 0.306. The highest BCUT2D eigenvalue weighted by atomic mass is 32.1. The fourth-order valence-electron chi connectivity index (χ4n) is 2.78.